The summed E-state index contributed by atoms with van der Waals surface area (Å²) < 4.78 is 0. The molecule has 0 aromatic rings. The van der Waals surface area contributed by atoms with Crippen molar-refractivity contribution < 1.29 is 43.5 Å². The number of aliphatic carboxylic acids is 1. The molecule has 0 bridgehead atoms. The van der Waals surface area contributed by atoms with Gasteiger partial charge in [0.1, 0.15) is 30.7 Å². The molecule has 0 saturated carbocycles. The van der Waals surface area contributed by atoms with Crippen molar-refractivity contribution in [3.8, 4) is 0 Å². The molecule has 260 valence electrons. The van der Waals surface area contributed by atoms with Crippen LogP contribution in [-0.4, -0.2) is 101 Å². The van der Waals surface area contributed by atoms with E-state index < -0.39 is 84.1 Å². The van der Waals surface area contributed by atoms with E-state index in [1.807, 2.05) is 20.8 Å². The van der Waals surface area contributed by atoms with Crippen molar-refractivity contribution in [3.05, 3.63) is 0 Å². The number of nitrogens with one attached hydrogen (secondary N) is 4. The quantitative estimate of drug-likeness (QED) is 0.0687. The van der Waals surface area contributed by atoms with Gasteiger partial charge in [-0.15, -0.1) is 0 Å². The second-order valence-electron chi connectivity index (χ2n) is 12.0. The van der Waals surface area contributed by atoms with Crippen LogP contribution >= 0.6 is 0 Å². The van der Waals surface area contributed by atoms with Gasteiger partial charge in [0.15, 0.2) is 0 Å². The summed E-state index contributed by atoms with van der Waals surface area (Å²) in [7, 11) is 0. The summed E-state index contributed by atoms with van der Waals surface area (Å²) in [5.74, 6) is -6.49. The van der Waals surface area contributed by atoms with Crippen molar-refractivity contribution in [2.75, 3.05) is 13.1 Å². The molecule has 1 fully saturated rings. The minimum atomic E-state index is -1.39. The van der Waals surface area contributed by atoms with E-state index in [4.69, 9.17) is 22.3 Å². The highest BCUT2D eigenvalue weighted by Crippen LogP contribution is 2.22. The molecule has 0 aliphatic carbocycles. The smallest absolute Gasteiger partial charge is 0.322 e. The van der Waals surface area contributed by atoms with Gasteiger partial charge in [-0.05, 0) is 43.9 Å². The maximum Gasteiger partial charge on any atom is 0.322 e. The SMILES string of the molecule is CC[C@H](C)[C@H](NC(=O)[C@@H](N)CC(C)C)C(=O)N1CCC[C@H]1C(=O)N[C@@H](CCC(N)=O)C(=O)N[C@@H](CCC(N)=O)C(=O)NCC(=O)O. The Morgan fingerprint density at radius 1 is 0.848 bits per heavy atom. The number of carbonyl (C=O) groups is 8. The molecule has 1 aliphatic rings. The van der Waals surface area contributed by atoms with E-state index in [2.05, 4.69) is 21.3 Å². The number of nitrogens with zero attached hydrogens (tertiary/aromatic N) is 1. The minimum absolute atomic E-state index is 0.155. The topological polar surface area (TPSA) is 286 Å². The zero-order chi connectivity index (χ0) is 35.1. The number of carboxylic acids is 1. The summed E-state index contributed by atoms with van der Waals surface area (Å²) >= 11 is 0. The Kier molecular flexibility index (Phi) is 16.7. The van der Waals surface area contributed by atoms with E-state index in [0.717, 1.165) is 0 Å². The van der Waals surface area contributed by atoms with Crippen LogP contribution < -0.4 is 38.5 Å². The molecule has 0 radical (unpaired) electrons. The van der Waals surface area contributed by atoms with Gasteiger partial charge in [0.2, 0.25) is 41.4 Å². The summed E-state index contributed by atoms with van der Waals surface area (Å²) in [6.07, 6.45) is 0.530. The zero-order valence-electron chi connectivity index (χ0n) is 27.0. The number of amides is 7. The van der Waals surface area contributed by atoms with Crippen molar-refractivity contribution in [2.24, 2.45) is 29.0 Å². The first kappa shape index (κ1) is 39.7. The number of rotatable bonds is 20. The fourth-order valence-corrected chi connectivity index (χ4v) is 4.98. The Bertz CT molecular complexity index is 1130. The van der Waals surface area contributed by atoms with Gasteiger partial charge in [0, 0.05) is 19.4 Å². The summed E-state index contributed by atoms with van der Waals surface area (Å²) in [5.41, 5.74) is 16.5. The van der Waals surface area contributed by atoms with Crippen LogP contribution in [0.5, 0.6) is 0 Å². The van der Waals surface area contributed by atoms with Crippen LogP contribution in [0.3, 0.4) is 0 Å². The van der Waals surface area contributed by atoms with E-state index in [9.17, 15) is 38.4 Å². The molecule has 1 saturated heterocycles. The van der Waals surface area contributed by atoms with Crippen molar-refractivity contribution >= 4 is 47.3 Å². The number of carboxylic acid groups (broad SMARTS) is 1. The van der Waals surface area contributed by atoms with E-state index in [1.165, 1.54) is 4.90 Å². The van der Waals surface area contributed by atoms with Crippen LogP contribution in [0.25, 0.3) is 0 Å². The molecule has 6 atom stereocenters. The molecule has 1 rings (SSSR count). The molecule has 0 aromatic heterocycles. The highest BCUT2D eigenvalue weighted by atomic mass is 16.4. The van der Waals surface area contributed by atoms with Crippen LogP contribution in [0, 0.1) is 11.8 Å². The van der Waals surface area contributed by atoms with E-state index in [-0.39, 0.29) is 50.5 Å². The van der Waals surface area contributed by atoms with Crippen LogP contribution in [0.1, 0.15) is 79.1 Å². The van der Waals surface area contributed by atoms with Crippen molar-refractivity contribution in [3.63, 3.8) is 0 Å². The summed E-state index contributed by atoms with van der Waals surface area (Å²) in [4.78, 5) is 101. The second-order valence-corrected chi connectivity index (χ2v) is 12.0. The molecular formula is C29H50N8O9. The third-order valence-corrected chi connectivity index (χ3v) is 7.72. The molecule has 1 aliphatic heterocycles. The van der Waals surface area contributed by atoms with Gasteiger partial charge >= 0.3 is 5.97 Å². The maximum atomic E-state index is 13.8. The molecule has 17 nitrogen and oxygen atoms in total. The number of likely N-dealkylation sites (tertiary alicyclic amines) is 1. The average molecular weight is 655 g/mol. The van der Waals surface area contributed by atoms with Gasteiger partial charge in [-0.1, -0.05) is 34.1 Å². The lowest BCUT2D eigenvalue weighted by Crippen LogP contribution is -2.59. The molecule has 1 heterocycles. The maximum absolute atomic E-state index is 13.8. The Balaban J connectivity index is 3.18. The number of nitrogens with two attached hydrogens (primary N) is 3. The van der Waals surface area contributed by atoms with Crippen LogP contribution in [0.2, 0.25) is 0 Å². The lowest BCUT2D eigenvalue weighted by molar-refractivity contribution is -0.143. The number of hydrogen-bond acceptors (Lipinski definition) is 9. The first-order valence-corrected chi connectivity index (χ1v) is 15.5. The van der Waals surface area contributed by atoms with Gasteiger partial charge < -0.3 is 48.5 Å². The van der Waals surface area contributed by atoms with E-state index in [0.29, 0.717) is 19.3 Å². The van der Waals surface area contributed by atoms with Gasteiger partial charge in [0.25, 0.3) is 0 Å². The van der Waals surface area contributed by atoms with E-state index in [1.54, 1.807) is 6.92 Å². The fourth-order valence-electron chi connectivity index (χ4n) is 4.98. The number of primary amides is 2. The largest absolute Gasteiger partial charge is 0.480 e. The lowest BCUT2D eigenvalue weighted by Gasteiger charge is -2.32. The van der Waals surface area contributed by atoms with Crippen molar-refractivity contribution in [2.45, 2.75) is 109 Å². The minimum Gasteiger partial charge on any atom is -0.480 e. The first-order valence-electron chi connectivity index (χ1n) is 15.5. The first-order chi connectivity index (χ1) is 21.5. The standard InChI is InChI=1S/C29H50N8O9/c1-5-16(4)24(36-25(42)17(30)13-15(2)3)29(46)37-12-6-7-20(37)28(45)35-19(9-11-22(32)39)27(44)34-18(8-10-21(31)38)26(43)33-14-23(40)41/h15-20,24H,5-14,30H2,1-4H3,(H2,31,38)(H2,32,39)(H,33,43)(H,34,44)(H,35,45)(H,36,42)(H,40,41)/t16-,17-,18-,19-,20-,24-/m0/s1. The number of hydrogen-bond donors (Lipinski definition) is 8. The van der Waals surface area contributed by atoms with Gasteiger partial charge in [-0.2, -0.15) is 0 Å². The van der Waals surface area contributed by atoms with Crippen molar-refractivity contribution in [1.82, 2.24) is 26.2 Å². The molecular weight excluding hydrogens is 604 g/mol. The van der Waals surface area contributed by atoms with Gasteiger partial charge in [0.05, 0.1) is 6.04 Å². The van der Waals surface area contributed by atoms with Gasteiger partial charge in [-0.25, -0.2) is 0 Å². The average Bonchev–Trinajstić information content (AvgIpc) is 3.47. The number of carbonyl (C=O) groups excluding carboxylic acids is 7. The summed E-state index contributed by atoms with van der Waals surface area (Å²) in [6, 6.07) is -5.56. The van der Waals surface area contributed by atoms with Crippen LogP contribution in [0.4, 0.5) is 0 Å². The normalized spacial score (nSPS) is 17.6. The summed E-state index contributed by atoms with van der Waals surface area (Å²) in [5, 5.41) is 18.7. The Hall–Kier alpha value is -4.28. The second kappa shape index (κ2) is 19.3. The molecule has 0 unspecified atom stereocenters. The third kappa shape index (κ3) is 13.4. The Morgan fingerprint density at radius 2 is 1.41 bits per heavy atom. The third-order valence-electron chi connectivity index (χ3n) is 7.72. The zero-order valence-corrected chi connectivity index (χ0v) is 27.0. The predicted molar refractivity (Wildman–Crippen MR) is 165 cm³/mol. The van der Waals surface area contributed by atoms with Crippen molar-refractivity contribution in [1.29, 1.82) is 0 Å². The monoisotopic (exact) mass is 654 g/mol. The molecule has 17 heteroatoms. The molecule has 0 aromatic carbocycles. The fraction of sp³-hybridized carbons (Fsp3) is 0.724. The molecule has 0 spiro atoms. The molecule has 11 N–H and O–H groups in total. The van der Waals surface area contributed by atoms with Crippen LogP contribution in [0.15, 0.2) is 0 Å². The molecule has 46 heavy (non-hydrogen) atoms. The van der Waals surface area contributed by atoms with Gasteiger partial charge in [-0.3, -0.25) is 38.4 Å². The summed E-state index contributed by atoms with van der Waals surface area (Å²) in [6.45, 7) is 6.97. The predicted octanol–water partition coefficient (Wildman–Crippen LogP) is -2.42. The lowest BCUT2D eigenvalue weighted by atomic mass is 9.96. The highest BCUT2D eigenvalue weighted by Gasteiger charge is 2.40. The highest BCUT2D eigenvalue weighted by molar-refractivity contribution is 5.96. The van der Waals surface area contributed by atoms with E-state index >= 15 is 0 Å². The molecule has 7 amide bonds. The Labute approximate surface area is 268 Å². The van der Waals surface area contributed by atoms with Crippen LogP contribution in [-0.2, 0) is 38.4 Å². The Morgan fingerprint density at radius 3 is 1.91 bits per heavy atom.